The van der Waals surface area contributed by atoms with Crippen LogP contribution in [0.5, 0.6) is 0 Å². The molecule has 2 aromatic carbocycles. The van der Waals surface area contributed by atoms with Gasteiger partial charge in [0.1, 0.15) is 0 Å². The van der Waals surface area contributed by atoms with Crippen LogP contribution in [0, 0.1) is 0 Å². The van der Waals surface area contributed by atoms with Gasteiger partial charge in [0.05, 0.1) is 24.9 Å². The van der Waals surface area contributed by atoms with E-state index in [1.54, 1.807) is 0 Å². The molecule has 0 spiro atoms. The van der Waals surface area contributed by atoms with Crippen LogP contribution in [0.1, 0.15) is 11.1 Å². The first-order valence-corrected chi connectivity index (χ1v) is 6.97. The molecule has 0 saturated carbocycles. The second-order valence-corrected chi connectivity index (χ2v) is 5.14. The van der Waals surface area contributed by atoms with Crippen LogP contribution in [0.15, 0.2) is 54.6 Å². The van der Waals surface area contributed by atoms with Gasteiger partial charge in [0.25, 0.3) is 0 Å². The molecular formula is C17H17NO3. The number of amides is 1. The van der Waals surface area contributed by atoms with Crippen LogP contribution in [0.3, 0.4) is 0 Å². The molecule has 1 unspecified atom stereocenters. The summed E-state index contributed by atoms with van der Waals surface area (Å²) >= 11 is 0. The lowest BCUT2D eigenvalue weighted by Gasteiger charge is -2.22. The van der Waals surface area contributed by atoms with Gasteiger partial charge in [-0.2, -0.15) is 0 Å². The Balaban J connectivity index is 1.65. The van der Waals surface area contributed by atoms with Crippen LogP contribution in [-0.2, 0) is 17.8 Å². The van der Waals surface area contributed by atoms with Crippen molar-refractivity contribution in [2.75, 3.05) is 11.5 Å². The van der Waals surface area contributed by atoms with Gasteiger partial charge in [0.2, 0.25) is 0 Å². The van der Waals surface area contributed by atoms with E-state index in [-0.39, 0.29) is 6.04 Å². The summed E-state index contributed by atoms with van der Waals surface area (Å²) in [6, 6.07) is 17.4. The van der Waals surface area contributed by atoms with Crippen molar-refractivity contribution in [2.45, 2.75) is 19.1 Å². The van der Waals surface area contributed by atoms with Crippen molar-refractivity contribution in [3.8, 4) is 0 Å². The lowest BCUT2D eigenvalue weighted by molar-refractivity contribution is 0.106. The number of anilines is 1. The molecule has 1 N–H and O–H groups in total. The van der Waals surface area contributed by atoms with E-state index in [0.717, 1.165) is 16.8 Å². The molecule has 0 bridgehead atoms. The lowest BCUT2D eigenvalue weighted by Crippen LogP contribution is -2.39. The summed E-state index contributed by atoms with van der Waals surface area (Å²) in [6.45, 7) is 0.900. The van der Waals surface area contributed by atoms with Crippen LogP contribution < -0.4 is 4.90 Å². The zero-order chi connectivity index (χ0) is 14.7. The maximum Gasteiger partial charge on any atom is 0.412 e. The number of rotatable bonds is 4. The number of hydrogen-bond acceptors (Lipinski definition) is 2. The predicted octanol–water partition coefficient (Wildman–Crippen LogP) is 3.31. The molecule has 4 nitrogen and oxygen atoms in total. The van der Waals surface area contributed by atoms with Crippen molar-refractivity contribution in [1.29, 1.82) is 0 Å². The zero-order valence-electron chi connectivity index (χ0n) is 11.6. The van der Waals surface area contributed by atoms with Gasteiger partial charge in [-0.1, -0.05) is 48.5 Å². The summed E-state index contributed by atoms with van der Waals surface area (Å²) in [6.07, 6.45) is -0.217. The Morgan fingerprint density at radius 2 is 1.86 bits per heavy atom. The summed E-state index contributed by atoms with van der Waals surface area (Å²) < 4.78 is 5.71. The molecule has 0 aliphatic carbocycles. The molecule has 1 amide bonds. The molecule has 3 rings (SSSR count). The number of para-hydroxylation sites is 1. The second kappa shape index (κ2) is 5.97. The number of benzene rings is 2. The first-order valence-electron chi connectivity index (χ1n) is 6.97. The van der Waals surface area contributed by atoms with Crippen molar-refractivity contribution in [1.82, 2.24) is 0 Å². The van der Waals surface area contributed by atoms with Crippen molar-refractivity contribution >= 4 is 11.8 Å². The Hall–Kier alpha value is -2.33. The van der Waals surface area contributed by atoms with E-state index in [1.807, 2.05) is 54.6 Å². The minimum absolute atomic E-state index is 0.149. The standard InChI is InChI=1S/C17H17NO3/c19-17(20)18-15(10-14-8-4-5-9-16(14)18)12-21-11-13-6-2-1-3-7-13/h1-9,15H,10-12H2,(H,19,20). The van der Waals surface area contributed by atoms with E-state index in [1.165, 1.54) is 4.90 Å². The molecule has 108 valence electrons. The largest absolute Gasteiger partial charge is 0.465 e. The first kappa shape index (κ1) is 13.6. The van der Waals surface area contributed by atoms with Gasteiger partial charge in [0, 0.05) is 0 Å². The van der Waals surface area contributed by atoms with Crippen LogP contribution in [0.2, 0.25) is 0 Å². The highest BCUT2D eigenvalue weighted by molar-refractivity contribution is 5.89. The second-order valence-electron chi connectivity index (χ2n) is 5.14. The molecule has 0 aromatic heterocycles. The third kappa shape index (κ3) is 2.90. The van der Waals surface area contributed by atoms with Gasteiger partial charge in [-0.25, -0.2) is 4.79 Å². The molecular weight excluding hydrogens is 266 g/mol. The van der Waals surface area contributed by atoms with E-state index in [9.17, 15) is 9.90 Å². The van der Waals surface area contributed by atoms with E-state index in [4.69, 9.17) is 4.74 Å². The Bertz CT molecular complexity index is 627. The topological polar surface area (TPSA) is 49.8 Å². The highest BCUT2D eigenvalue weighted by Crippen LogP contribution is 2.32. The summed E-state index contributed by atoms with van der Waals surface area (Å²) in [4.78, 5) is 12.9. The lowest BCUT2D eigenvalue weighted by atomic mass is 10.1. The Kier molecular flexibility index (Phi) is 3.88. The fourth-order valence-corrected chi connectivity index (χ4v) is 2.74. The maximum absolute atomic E-state index is 11.5. The minimum atomic E-state index is -0.923. The van der Waals surface area contributed by atoms with Crippen molar-refractivity contribution < 1.29 is 14.6 Å². The number of carbonyl (C=O) groups is 1. The first-order chi connectivity index (χ1) is 10.3. The van der Waals surface area contributed by atoms with Crippen LogP contribution in [0.25, 0.3) is 0 Å². The summed E-state index contributed by atoms with van der Waals surface area (Å²) in [5, 5.41) is 9.42. The maximum atomic E-state index is 11.5. The molecule has 21 heavy (non-hydrogen) atoms. The monoisotopic (exact) mass is 283 g/mol. The van der Waals surface area contributed by atoms with Crippen molar-refractivity contribution in [2.24, 2.45) is 0 Å². The summed E-state index contributed by atoms with van der Waals surface area (Å²) in [7, 11) is 0. The number of ether oxygens (including phenoxy) is 1. The highest BCUT2D eigenvalue weighted by Gasteiger charge is 2.33. The molecule has 1 atom stereocenters. The fraction of sp³-hybridized carbons (Fsp3) is 0.235. The molecule has 0 saturated heterocycles. The molecule has 0 radical (unpaired) electrons. The highest BCUT2D eigenvalue weighted by atomic mass is 16.5. The van der Waals surface area contributed by atoms with E-state index in [2.05, 4.69) is 0 Å². The van der Waals surface area contributed by atoms with Gasteiger partial charge >= 0.3 is 6.09 Å². The van der Waals surface area contributed by atoms with Gasteiger partial charge in [0.15, 0.2) is 0 Å². The van der Waals surface area contributed by atoms with E-state index in [0.29, 0.717) is 19.6 Å². The Labute approximate surface area is 123 Å². The van der Waals surface area contributed by atoms with Crippen molar-refractivity contribution in [3.05, 3.63) is 65.7 Å². The smallest absolute Gasteiger partial charge is 0.412 e. The summed E-state index contributed by atoms with van der Waals surface area (Å²) in [5.41, 5.74) is 2.93. The number of hydrogen-bond donors (Lipinski definition) is 1. The van der Waals surface area contributed by atoms with Gasteiger partial charge in [-0.3, -0.25) is 4.90 Å². The van der Waals surface area contributed by atoms with Gasteiger partial charge in [-0.15, -0.1) is 0 Å². The van der Waals surface area contributed by atoms with Gasteiger partial charge in [-0.05, 0) is 23.6 Å². The third-order valence-corrected chi connectivity index (χ3v) is 3.70. The predicted molar refractivity (Wildman–Crippen MR) is 80.5 cm³/mol. The number of carboxylic acid groups (broad SMARTS) is 1. The molecule has 2 aromatic rings. The molecule has 1 aliphatic rings. The zero-order valence-corrected chi connectivity index (χ0v) is 11.6. The Morgan fingerprint density at radius 1 is 1.14 bits per heavy atom. The van der Waals surface area contributed by atoms with Gasteiger partial charge < -0.3 is 9.84 Å². The van der Waals surface area contributed by atoms with Crippen molar-refractivity contribution in [3.63, 3.8) is 0 Å². The quantitative estimate of drug-likeness (QED) is 0.936. The Morgan fingerprint density at radius 3 is 2.62 bits per heavy atom. The average molecular weight is 283 g/mol. The average Bonchev–Trinajstić information content (AvgIpc) is 2.86. The van der Waals surface area contributed by atoms with E-state index >= 15 is 0 Å². The molecule has 4 heteroatoms. The van der Waals surface area contributed by atoms with E-state index < -0.39 is 6.09 Å². The fourth-order valence-electron chi connectivity index (χ4n) is 2.74. The normalized spacial score (nSPS) is 16.8. The number of fused-ring (bicyclic) bond motifs is 1. The molecule has 0 fully saturated rings. The molecule has 1 heterocycles. The SMILES string of the molecule is O=C(O)N1c2ccccc2CC1COCc1ccccc1. The van der Waals surface area contributed by atoms with Crippen LogP contribution >= 0.6 is 0 Å². The summed E-state index contributed by atoms with van der Waals surface area (Å²) in [5.74, 6) is 0. The third-order valence-electron chi connectivity index (χ3n) is 3.70. The minimum Gasteiger partial charge on any atom is -0.465 e. The molecule has 1 aliphatic heterocycles. The van der Waals surface area contributed by atoms with Crippen LogP contribution in [-0.4, -0.2) is 23.8 Å². The number of nitrogens with zero attached hydrogens (tertiary/aromatic N) is 1. The van der Waals surface area contributed by atoms with Crippen LogP contribution in [0.4, 0.5) is 10.5 Å².